The third kappa shape index (κ3) is 3.93. The average Bonchev–Trinajstić information content (AvgIpc) is 2.79. The lowest BCUT2D eigenvalue weighted by Crippen LogP contribution is -2.54. The summed E-state index contributed by atoms with van der Waals surface area (Å²) in [5.74, 6) is -0.457. The molecular formula is C24H31N3O4. The van der Waals surface area contributed by atoms with Crippen LogP contribution in [-0.4, -0.2) is 51.8 Å². The Morgan fingerprint density at radius 2 is 1.61 bits per heavy atom. The second-order valence-electron chi connectivity index (χ2n) is 8.59. The molecular weight excluding hydrogens is 394 g/mol. The summed E-state index contributed by atoms with van der Waals surface area (Å²) in [7, 11) is 0. The quantitative estimate of drug-likeness (QED) is 0.536. The molecule has 1 unspecified atom stereocenters. The smallest absolute Gasteiger partial charge is 0.310 e. The van der Waals surface area contributed by atoms with Crippen molar-refractivity contribution in [1.82, 2.24) is 0 Å². The molecule has 2 aliphatic heterocycles. The first-order chi connectivity index (χ1) is 14.9. The summed E-state index contributed by atoms with van der Waals surface area (Å²) in [5, 5.41) is 0. The van der Waals surface area contributed by atoms with Gasteiger partial charge in [0.15, 0.2) is 0 Å². The van der Waals surface area contributed by atoms with Gasteiger partial charge in [0.2, 0.25) is 0 Å². The van der Waals surface area contributed by atoms with Crippen LogP contribution in [0.25, 0.3) is 0 Å². The molecule has 2 heterocycles. The molecule has 2 saturated heterocycles. The molecule has 0 amide bonds. The van der Waals surface area contributed by atoms with Crippen LogP contribution in [0, 0.1) is 19.8 Å². The maximum absolute atomic E-state index is 12.5. The van der Waals surface area contributed by atoms with Crippen molar-refractivity contribution < 1.29 is 9.53 Å². The highest BCUT2D eigenvalue weighted by Crippen LogP contribution is 2.31. The van der Waals surface area contributed by atoms with E-state index in [1.807, 2.05) is 4.90 Å². The molecule has 166 valence electrons. The number of esters is 1. The van der Waals surface area contributed by atoms with Crippen molar-refractivity contribution >= 4 is 23.0 Å². The van der Waals surface area contributed by atoms with Gasteiger partial charge in [0, 0.05) is 45.0 Å². The van der Waals surface area contributed by atoms with E-state index < -0.39 is 10.9 Å². The first-order valence-electron chi connectivity index (χ1n) is 11.2. The van der Waals surface area contributed by atoms with Crippen LogP contribution in [0.5, 0.6) is 0 Å². The number of ether oxygens (including phenoxy) is 1. The lowest BCUT2D eigenvalue weighted by molar-refractivity contribution is -0.148. The molecule has 31 heavy (non-hydrogen) atoms. The number of piperazine rings is 1. The Bertz CT molecular complexity index is 1030. The Balaban J connectivity index is 1.48. The van der Waals surface area contributed by atoms with Gasteiger partial charge in [0.1, 0.15) is 11.4 Å². The second kappa shape index (κ2) is 8.73. The molecule has 2 aliphatic rings. The molecule has 2 fully saturated rings. The van der Waals surface area contributed by atoms with Gasteiger partial charge in [-0.05, 0) is 50.8 Å². The van der Waals surface area contributed by atoms with Crippen molar-refractivity contribution in [1.29, 1.82) is 0 Å². The summed E-state index contributed by atoms with van der Waals surface area (Å²) in [5.41, 5.74) is 4.01. The molecule has 4 rings (SSSR count). The molecule has 7 nitrogen and oxygen atoms in total. The zero-order valence-electron chi connectivity index (χ0n) is 18.6. The fraction of sp³-hybridized carbons (Fsp3) is 0.542. The number of piperidine rings is 1. The molecule has 0 aliphatic carbocycles. The minimum Gasteiger partial charge on any atom is -0.466 e. The fourth-order valence-electron chi connectivity index (χ4n) is 4.84. The van der Waals surface area contributed by atoms with E-state index in [1.54, 1.807) is 6.92 Å². The van der Waals surface area contributed by atoms with Crippen molar-refractivity contribution in [3.63, 3.8) is 0 Å². The van der Waals surface area contributed by atoms with Gasteiger partial charge in [-0.2, -0.15) is 0 Å². The Labute approximate surface area is 182 Å². The van der Waals surface area contributed by atoms with Crippen molar-refractivity contribution in [2.24, 2.45) is 5.92 Å². The molecule has 0 aromatic heterocycles. The van der Waals surface area contributed by atoms with Crippen LogP contribution >= 0.6 is 0 Å². The van der Waals surface area contributed by atoms with Crippen LogP contribution in [0.3, 0.4) is 0 Å². The summed E-state index contributed by atoms with van der Waals surface area (Å²) < 4.78 is 5.17. The van der Waals surface area contributed by atoms with E-state index in [2.05, 4.69) is 41.8 Å². The molecule has 0 bridgehead atoms. The van der Waals surface area contributed by atoms with Gasteiger partial charge >= 0.3 is 5.97 Å². The van der Waals surface area contributed by atoms with Crippen LogP contribution in [0.15, 0.2) is 27.8 Å². The van der Waals surface area contributed by atoms with E-state index in [-0.39, 0.29) is 11.9 Å². The van der Waals surface area contributed by atoms with E-state index in [0.717, 1.165) is 25.9 Å². The van der Waals surface area contributed by atoms with Gasteiger partial charge in [-0.15, -0.1) is 0 Å². The second-order valence-corrected chi connectivity index (χ2v) is 8.59. The topological polar surface area (TPSA) is 70.2 Å². The van der Waals surface area contributed by atoms with Crippen LogP contribution < -0.4 is 25.6 Å². The molecule has 7 heteroatoms. The Kier molecular flexibility index (Phi) is 6.03. The van der Waals surface area contributed by atoms with Gasteiger partial charge in [-0.1, -0.05) is 12.1 Å². The number of benzene rings is 1. The summed E-state index contributed by atoms with van der Waals surface area (Å²) in [6, 6.07) is 6.34. The molecule has 0 N–H and O–H groups in total. The van der Waals surface area contributed by atoms with E-state index in [9.17, 15) is 14.4 Å². The van der Waals surface area contributed by atoms with Gasteiger partial charge in [0.25, 0.3) is 10.9 Å². The number of carbonyl (C=O) groups is 1. The molecule has 0 saturated carbocycles. The predicted octanol–water partition coefficient (Wildman–Crippen LogP) is 2.01. The van der Waals surface area contributed by atoms with Gasteiger partial charge in [-0.3, -0.25) is 14.4 Å². The van der Waals surface area contributed by atoms with Crippen LogP contribution in [0.1, 0.15) is 30.9 Å². The summed E-state index contributed by atoms with van der Waals surface area (Å²) in [6.45, 7) is 10.5. The van der Waals surface area contributed by atoms with Crippen molar-refractivity contribution in [2.75, 3.05) is 60.6 Å². The third-order valence-electron chi connectivity index (χ3n) is 6.73. The molecule has 0 spiro atoms. The summed E-state index contributed by atoms with van der Waals surface area (Å²) in [4.78, 5) is 43.5. The first-order valence-corrected chi connectivity index (χ1v) is 11.2. The van der Waals surface area contributed by atoms with Gasteiger partial charge in [0.05, 0.1) is 12.5 Å². The zero-order valence-corrected chi connectivity index (χ0v) is 18.6. The van der Waals surface area contributed by atoms with E-state index >= 15 is 0 Å². The van der Waals surface area contributed by atoms with Gasteiger partial charge < -0.3 is 19.4 Å². The SMILES string of the molecule is CCOC(=O)C1CCCN(c2c(N3CCN(c4cccc(C)c4C)CC3)c(=O)c2=O)C1. The third-order valence-corrected chi connectivity index (χ3v) is 6.73. The Morgan fingerprint density at radius 1 is 0.968 bits per heavy atom. The highest BCUT2D eigenvalue weighted by molar-refractivity contribution is 5.79. The maximum atomic E-state index is 12.5. The lowest BCUT2D eigenvalue weighted by Gasteiger charge is -2.41. The van der Waals surface area contributed by atoms with E-state index in [4.69, 9.17) is 4.74 Å². The highest BCUT2D eigenvalue weighted by Gasteiger charge is 2.35. The first kappa shape index (κ1) is 21.4. The minimum atomic E-state index is -0.420. The van der Waals surface area contributed by atoms with Crippen molar-refractivity contribution in [3.05, 3.63) is 49.8 Å². The number of carbonyl (C=O) groups excluding carboxylic acids is 1. The standard InChI is InChI=1S/C24H31N3O4/c1-4-31-24(30)18-8-6-10-27(15-18)21-20(22(28)23(21)29)26-13-11-25(12-14-26)19-9-5-7-16(2)17(19)3/h5,7,9,18H,4,6,8,10-15H2,1-3H3. The average molecular weight is 426 g/mol. The number of aryl methyl sites for hydroxylation is 1. The van der Waals surface area contributed by atoms with Crippen molar-refractivity contribution in [3.8, 4) is 0 Å². The largest absolute Gasteiger partial charge is 0.466 e. The summed E-state index contributed by atoms with van der Waals surface area (Å²) >= 11 is 0. The lowest BCUT2D eigenvalue weighted by atomic mass is 9.96. The summed E-state index contributed by atoms with van der Waals surface area (Å²) in [6.07, 6.45) is 1.57. The predicted molar refractivity (Wildman–Crippen MR) is 123 cm³/mol. The monoisotopic (exact) mass is 425 g/mol. The highest BCUT2D eigenvalue weighted by atomic mass is 16.5. The molecule has 0 radical (unpaired) electrons. The Hall–Kier alpha value is -2.83. The number of nitrogens with zero attached hydrogens (tertiary/aromatic N) is 3. The van der Waals surface area contributed by atoms with E-state index in [1.165, 1.54) is 16.8 Å². The number of anilines is 3. The van der Waals surface area contributed by atoms with E-state index in [0.29, 0.717) is 44.2 Å². The zero-order chi connectivity index (χ0) is 22.1. The number of hydrogen-bond donors (Lipinski definition) is 0. The maximum Gasteiger partial charge on any atom is 0.310 e. The minimum absolute atomic E-state index is 0.213. The molecule has 1 atom stereocenters. The van der Waals surface area contributed by atoms with Crippen molar-refractivity contribution in [2.45, 2.75) is 33.6 Å². The van der Waals surface area contributed by atoms with Crippen LogP contribution in [0.4, 0.5) is 17.1 Å². The fourth-order valence-corrected chi connectivity index (χ4v) is 4.84. The van der Waals surface area contributed by atoms with Crippen LogP contribution in [-0.2, 0) is 9.53 Å². The normalized spacial score (nSPS) is 19.7. The van der Waals surface area contributed by atoms with Gasteiger partial charge in [-0.25, -0.2) is 0 Å². The van der Waals surface area contributed by atoms with Crippen LogP contribution in [0.2, 0.25) is 0 Å². The number of rotatable bonds is 5. The number of hydrogen-bond acceptors (Lipinski definition) is 7. The molecule has 2 aromatic carbocycles. The Morgan fingerprint density at radius 3 is 2.29 bits per heavy atom. The molecule has 2 aromatic rings.